The van der Waals surface area contributed by atoms with E-state index < -0.39 is 24.1 Å². The fourth-order valence-corrected chi connectivity index (χ4v) is 2.52. The summed E-state index contributed by atoms with van der Waals surface area (Å²) in [4.78, 5) is 29.1. The first-order valence-corrected chi connectivity index (χ1v) is 7.10. The van der Waals surface area contributed by atoms with Gasteiger partial charge < -0.3 is 19.7 Å². The standard InChI is InChI=1S/C14H21N3O4/c1-8-4-5-17(11(6-8)13(18)19)14(20)16-10(3)12-15-7-9(2)21-12/h7-8,10-11H,4-6H2,1-3H3,(H,16,20)(H,18,19). The Balaban J connectivity index is 2.02. The van der Waals surface area contributed by atoms with Crippen LogP contribution >= 0.6 is 0 Å². The van der Waals surface area contributed by atoms with E-state index in [1.54, 1.807) is 20.0 Å². The lowest BCUT2D eigenvalue weighted by Gasteiger charge is -2.36. The predicted molar refractivity (Wildman–Crippen MR) is 74.7 cm³/mol. The van der Waals surface area contributed by atoms with E-state index >= 15 is 0 Å². The molecule has 21 heavy (non-hydrogen) atoms. The smallest absolute Gasteiger partial charge is 0.326 e. The lowest BCUT2D eigenvalue weighted by atomic mass is 9.93. The third-order valence-electron chi connectivity index (χ3n) is 3.76. The first kappa shape index (κ1) is 15.3. The van der Waals surface area contributed by atoms with Gasteiger partial charge in [-0.3, -0.25) is 0 Å². The Morgan fingerprint density at radius 3 is 2.86 bits per heavy atom. The monoisotopic (exact) mass is 295 g/mol. The van der Waals surface area contributed by atoms with Crippen LogP contribution in [0.15, 0.2) is 10.6 Å². The van der Waals surface area contributed by atoms with Gasteiger partial charge in [0.2, 0.25) is 5.89 Å². The number of amides is 2. The van der Waals surface area contributed by atoms with Crippen molar-refractivity contribution in [2.75, 3.05) is 6.54 Å². The zero-order valence-corrected chi connectivity index (χ0v) is 12.5. The van der Waals surface area contributed by atoms with Crippen molar-refractivity contribution in [2.45, 2.75) is 45.7 Å². The van der Waals surface area contributed by atoms with Crippen molar-refractivity contribution in [3.63, 3.8) is 0 Å². The van der Waals surface area contributed by atoms with Crippen molar-refractivity contribution in [3.8, 4) is 0 Å². The van der Waals surface area contributed by atoms with Gasteiger partial charge in [-0.2, -0.15) is 0 Å². The SMILES string of the molecule is Cc1cnc(C(C)NC(=O)N2CCC(C)CC2C(=O)O)o1. The summed E-state index contributed by atoms with van der Waals surface area (Å²) in [5, 5.41) is 12.0. The quantitative estimate of drug-likeness (QED) is 0.888. The molecule has 1 aromatic rings. The fourth-order valence-electron chi connectivity index (χ4n) is 2.52. The minimum absolute atomic E-state index is 0.307. The Morgan fingerprint density at radius 1 is 1.57 bits per heavy atom. The van der Waals surface area contributed by atoms with E-state index in [9.17, 15) is 14.7 Å². The molecule has 7 heteroatoms. The van der Waals surface area contributed by atoms with Gasteiger partial charge in [0.1, 0.15) is 17.8 Å². The molecule has 2 heterocycles. The van der Waals surface area contributed by atoms with Gasteiger partial charge in [-0.1, -0.05) is 6.92 Å². The lowest BCUT2D eigenvalue weighted by Crippen LogP contribution is -2.53. The van der Waals surface area contributed by atoms with Gasteiger partial charge in [0, 0.05) is 6.54 Å². The third-order valence-corrected chi connectivity index (χ3v) is 3.76. The number of aliphatic carboxylic acids is 1. The molecule has 2 N–H and O–H groups in total. The molecule has 7 nitrogen and oxygen atoms in total. The average Bonchev–Trinajstić information content (AvgIpc) is 2.85. The maximum atomic E-state index is 12.3. The fraction of sp³-hybridized carbons (Fsp3) is 0.643. The van der Waals surface area contributed by atoms with Gasteiger partial charge in [0.15, 0.2) is 0 Å². The van der Waals surface area contributed by atoms with Crippen molar-refractivity contribution in [1.29, 1.82) is 0 Å². The molecule has 1 aliphatic heterocycles. The Hall–Kier alpha value is -2.05. The molecule has 0 aromatic carbocycles. The summed E-state index contributed by atoms with van der Waals surface area (Å²) in [6.07, 6.45) is 2.87. The van der Waals surface area contributed by atoms with Gasteiger partial charge in [-0.25, -0.2) is 14.6 Å². The highest BCUT2D eigenvalue weighted by atomic mass is 16.4. The summed E-state index contributed by atoms with van der Waals surface area (Å²) < 4.78 is 5.36. The Kier molecular flexibility index (Phi) is 4.50. The Labute approximate surface area is 123 Å². The second kappa shape index (κ2) is 6.15. The van der Waals surface area contributed by atoms with Crippen LogP contribution in [0.2, 0.25) is 0 Å². The first-order chi connectivity index (χ1) is 9.88. The molecule has 2 rings (SSSR count). The molecule has 3 atom stereocenters. The highest BCUT2D eigenvalue weighted by molar-refractivity contribution is 5.83. The number of hydrogen-bond acceptors (Lipinski definition) is 4. The highest BCUT2D eigenvalue weighted by Crippen LogP contribution is 2.23. The molecule has 0 saturated carbocycles. The van der Waals surface area contributed by atoms with Crippen LogP contribution in [-0.2, 0) is 4.79 Å². The molecule has 1 fully saturated rings. The zero-order valence-electron chi connectivity index (χ0n) is 12.5. The van der Waals surface area contributed by atoms with Crippen molar-refractivity contribution in [1.82, 2.24) is 15.2 Å². The van der Waals surface area contributed by atoms with Crippen LogP contribution in [-0.4, -0.2) is 39.6 Å². The van der Waals surface area contributed by atoms with Crippen molar-refractivity contribution in [3.05, 3.63) is 17.8 Å². The molecule has 1 aliphatic rings. The number of aryl methyl sites for hydroxylation is 1. The molecular weight excluding hydrogens is 274 g/mol. The molecule has 1 aromatic heterocycles. The minimum atomic E-state index is -0.962. The van der Waals surface area contributed by atoms with E-state index in [1.165, 1.54) is 4.90 Å². The van der Waals surface area contributed by atoms with Gasteiger partial charge in [-0.05, 0) is 32.6 Å². The number of carbonyl (C=O) groups excluding carboxylic acids is 1. The summed E-state index contributed by atoms with van der Waals surface area (Å²) >= 11 is 0. The molecule has 0 bridgehead atoms. The first-order valence-electron chi connectivity index (χ1n) is 7.10. The summed E-state index contributed by atoms with van der Waals surface area (Å²) in [7, 11) is 0. The molecule has 116 valence electrons. The van der Waals surface area contributed by atoms with Gasteiger partial charge in [0.05, 0.1) is 6.20 Å². The van der Waals surface area contributed by atoms with Gasteiger partial charge in [-0.15, -0.1) is 0 Å². The number of urea groups is 1. The zero-order chi connectivity index (χ0) is 15.6. The number of aromatic nitrogens is 1. The van der Waals surface area contributed by atoms with Crippen LogP contribution in [0.1, 0.15) is 44.4 Å². The predicted octanol–water partition coefficient (Wildman–Crippen LogP) is 1.94. The molecular formula is C14H21N3O4. The van der Waals surface area contributed by atoms with Gasteiger partial charge >= 0.3 is 12.0 Å². The number of nitrogens with one attached hydrogen (secondary N) is 1. The number of likely N-dealkylation sites (tertiary alicyclic amines) is 1. The largest absolute Gasteiger partial charge is 0.480 e. The number of carboxylic acids is 1. The lowest BCUT2D eigenvalue weighted by molar-refractivity contribution is -0.143. The van der Waals surface area contributed by atoms with E-state index in [4.69, 9.17) is 4.42 Å². The summed E-state index contributed by atoms with van der Waals surface area (Å²) in [6.45, 7) is 5.98. The number of carboxylic acid groups (broad SMARTS) is 1. The van der Waals surface area contributed by atoms with Crippen LogP contribution in [0.5, 0.6) is 0 Å². The van der Waals surface area contributed by atoms with E-state index in [0.29, 0.717) is 30.5 Å². The number of piperidine rings is 1. The maximum Gasteiger partial charge on any atom is 0.326 e. The molecule has 0 spiro atoms. The van der Waals surface area contributed by atoms with Crippen molar-refractivity contribution < 1.29 is 19.1 Å². The van der Waals surface area contributed by atoms with Crippen LogP contribution in [0, 0.1) is 12.8 Å². The number of hydrogen-bond donors (Lipinski definition) is 2. The molecule has 3 unspecified atom stereocenters. The van der Waals surface area contributed by atoms with E-state index in [1.807, 2.05) is 6.92 Å². The topological polar surface area (TPSA) is 95.7 Å². The minimum Gasteiger partial charge on any atom is -0.480 e. The van der Waals surface area contributed by atoms with Gasteiger partial charge in [0.25, 0.3) is 0 Å². The number of oxazole rings is 1. The van der Waals surface area contributed by atoms with E-state index in [2.05, 4.69) is 10.3 Å². The highest BCUT2D eigenvalue weighted by Gasteiger charge is 2.35. The molecule has 2 amide bonds. The number of carbonyl (C=O) groups is 2. The van der Waals surface area contributed by atoms with Crippen LogP contribution in [0.3, 0.4) is 0 Å². The molecule has 0 radical (unpaired) electrons. The van der Waals surface area contributed by atoms with Crippen LogP contribution < -0.4 is 5.32 Å². The normalized spacial score (nSPS) is 23.7. The van der Waals surface area contributed by atoms with Crippen molar-refractivity contribution in [2.24, 2.45) is 5.92 Å². The van der Waals surface area contributed by atoms with Crippen LogP contribution in [0.25, 0.3) is 0 Å². The summed E-state index contributed by atoms with van der Waals surface area (Å²) in [5.74, 6) is 0.428. The summed E-state index contributed by atoms with van der Waals surface area (Å²) in [5.41, 5.74) is 0. The maximum absolute atomic E-state index is 12.3. The summed E-state index contributed by atoms with van der Waals surface area (Å²) in [6, 6.07) is -1.56. The Bertz CT molecular complexity index is 528. The van der Waals surface area contributed by atoms with Crippen molar-refractivity contribution >= 4 is 12.0 Å². The second-order valence-electron chi connectivity index (χ2n) is 5.66. The Morgan fingerprint density at radius 2 is 2.29 bits per heavy atom. The molecule has 1 saturated heterocycles. The van der Waals surface area contributed by atoms with E-state index in [-0.39, 0.29) is 0 Å². The average molecular weight is 295 g/mol. The number of rotatable bonds is 3. The van der Waals surface area contributed by atoms with Crippen LogP contribution in [0.4, 0.5) is 4.79 Å². The number of nitrogens with zero attached hydrogens (tertiary/aromatic N) is 2. The van der Waals surface area contributed by atoms with E-state index in [0.717, 1.165) is 6.42 Å². The third kappa shape index (κ3) is 3.53. The second-order valence-corrected chi connectivity index (χ2v) is 5.66. The molecule has 0 aliphatic carbocycles.